The molecule has 2 aliphatic rings. The summed E-state index contributed by atoms with van der Waals surface area (Å²) in [6, 6.07) is 7.77. The number of ether oxygens (including phenoxy) is 1. The number of carboxylic acids is 1. The van der Waals surface area contributed by atoms with Crippen molar-refractivity contribution in [2.75, 3.05) is 63.1 Å². The minimum atomic E-state index is -0.865. The summed E-state index contributed by atoms with van der Waals surface area (Å²) >= 11 is 1.71. The minimum absolute atomic E-state index is 0.0259. The molecule has 206 valence electrons. The SMILES string of the molecule is Nc1cccc(-c2nc(N3CCOCC3)c3sc(CN4CCN(C(=O)CCCC(=O)O)CC4)cc3n2)c1C=[NH2+]. The van der Waals surface area contributed by atoms with E-state index in [1.54, 1.807) is 11.3 Å². The Morgan fingerprint density at radius 2 is 1.87 bits per heavy atom. The molecule has 2 saturated heterocycles. The largest absolute Gasteiger partial charge is 0.481 e. The number of nitrogens with two attached hydrogens (primary N) is 2. The van der Waals surface area contributed by atoms with Crippen LogP contribution in [-0.2, 0) is 20.9 Å². The molecule has 0 radical (unpaired) electrons. The molecule has 5 N–H and O–H groups in total. The van der Waals surface area contributed by atoms with Gasteiger partial charge < -0.3 is 25.4 Å². The zero-order valence-corrected chi connectivity index (χ0v) is 22.7. The van der Waals surface area contributed by atoms with Crippen molar-refractivity contribution in [1.82, 2.24) is 19.8 Å². The molecule has 4 heterocycles. The van der Waals surface area contributed by atoms with Crippen LogP contribution in [0.5, 0.6) is 0 Å². The molecule has 0 spiro atoms. The Bertz CT molecular complexity index is 1360. The monoisotopic (exact) mass is 552 g/mol. The second-order valence-electron chi connectivity index (χ2n) is 9.78. The third kappa shape index (κ3) is 6.18. The molecule has 1 aromatic carbocycles. The second kappa shape index (κ2) is 12.1. The quantitative estimate of drug-likeness (QED) is 0.259. The molecule has 1 amide bonds. The first-order valence-electron chi connectivity index (χ1n) is 13.2. The van der Waals surface area contributed by atoms with E-state index in [1.165, 1.54) is 11.1 Å². The Kier molecular flexibility index (Phi) is 8.34. The molecule has 0 unspecified atom stereocenters. The molecule has 0 saturated carbocycles. The summed E-state index contributed by atoms with van der Waals surface area (Å²) in [6.45, 7) is 6.41. The number of anilines is 2. The van der Waals surface area contributed by atoms with Crippen LogP contribution in [-0.4, -0.2) is 95.4 Å². The van der Waals surface area contributed by atoms with Crippen LogP contribution < -0.4 is 16.0 Å². The van der Waals surface area contributed by atoms with Gasteiger partial charge in [0.05, 0.1) is 29.0 Å². The molecule has 2 aliphatic heterocycles. The number of carbonyl (C=O) groups excluding carboxylic acids is 1. The summed E-state index contributed by atoms with van der Waals surface area (Å²) in [5, 5.41) is 14.7. The number of nitrogen functional groups attached to an aromatic ring is 1. The molecule has 2 aromatic heterocycles. The number of aromatic nitrogens is 2. The number of carboxylic acid groups (broad SMARTS) is 1. The third-order valence-corrected chi connectivity index (χ3v) is 8.25. The average Bonchev–Trinajstić information content (AvgIpc) is 3.35. The van der Waals surface area contributed by atoms with Gasteiger partial charge in [-0.2, -0.15) is 0 Å². The van der Waals surface area contributed by atoms with Gasteiger partial charge in [-0.15, -0.1) is 11.3 Å². The number of thiophene rings is 1. The number of hydrogen-bond donors (Lipinski definition) is 3. The predicted octanol–water partition coefficient (Wildman–Crippen LogP) is 0.854. The summed E-state index contributed by atoms with van der Waals surface area (Å²) < 4.78 is 6.63. The van der Waals surface area contributed by atoms with Crippen LogP contribution in [0.3, 0.4) is 0 Å². The van der Waals surface area contributed by atoms with Gasteiger partial charge >= 0.3 is 5.97 Å². The topological polar surface area (TPSA) is 151 Å². The number of carbonyl (C=O) groups is 2. The van der Waals surface area contributed by atoms with Crippen LogP contribution >= 0.6 is 11.3 Å². The lowest BCUT2D eigenvalue weighted by atomic mass is 10.1. The van der Waals surface area contributed by atoms with Crippen LogP contribution in [0, 0.1) is 0 Å². The van der Waals surface area contributed by atoms with Crippen LogP contribution in [0.2, 0.25) is 0 Å². The summed E-state index contributed by atoms with van der Waals surface area (Å²) in [4.78, 5) is 40.7. The summed E-state index contributed by atoms with van der Waals surface area (Å²) in [5.41, 5.74) is 9.17. The number of piperazine rings is 1. The van der Waals surface area contributed by atoms with Crippen molar-refractivity contribution in [3.8, 4) is 11.4 Å². The van der Waals surface area contributed by atoms with Crippen molar-refractivity contribution in [2.45, 2.75) is 25.8 Å². The van der Waals surface area contributed by atoms with Crippen LogP contribution in [0.4, 0.5) is 11.5 Å². The van der Waals surface area contributed by atoms with Gasteiger partial charge in [0.1, 0.15) is 0 Å². The fourth-order valence-corrected chi connectivity index (χ4v) is 6.20. The highest BCUT2D eigenvalue weighted by Gasteiger charge is 2.24. The molecular formula is C27H34N7O4S+. The Morgan fingerprint density at radius 1 is 1.10 bits per heavy atom. The van der Waals surface area contributed by atoms with E-state index in [1.807, 2.05) is 23.1 Å². The molecule has 0 aliphatic carbocycles. The maximum Gasteiger partial charge on any atom is 0.303 e. The maximum absolute atomic E-state index is 12.4. The lowest BCUT2D eigenvalue weighted by molar-refractivity contribution is -0.137. The number of fused-ring (bicyclic) bond motifs is 1. The summed E-state index contributed by atoms with van der Waals surface area (Å²) in [6.07, 6.45) is 2.19. The zero-order valence-electron chi connectivity index (χ0n) is 21.8. The number of hydrogen-bond acceptors (Lipinski definition) is 9. The van der Waals surface area contributed by atoms with Gasteiger partial charge in [0, 0.05) is 74.8 Å². The zero-order chi connectivity index (χ0) is 27.4. The molecule has 12 heteroatoms. The highest BCUT2D eigenvalue weighted by molar-refractivity contribution is 7.19. The molecule has 3 aromatic rings. The maximum atomic E-state index is 12.4. The van der Waals surface area contributed by atoms with Crippen LogP contribution in [0.25, 0.3) is 21.6 Å². The van der Waals surface area contributed by atoms with Gasteiger partial charge in [-0.25, -0.2) is 9.97 Å². The van der Waals surface area contributed by atoms with Crippen molar-refractivity contribution in [3.63, 3.8) is 0 Å². The highest BCUT2D eigenvalue weighted by Crippen LogP contribution is 2.36. The highest BCUT2D eigenvalue weighted by atomic mass is 32.1. The van der Waals surface area contributed by atoms with Crippen molar-refractivity contribution < 1.29 is 24.8 Å². The van der Waals surface area contributed by atoms with E-state index in [4.69, 9.17) is 31.0 Å². The second-order valence-corrected chi connectivity index (χ2v) is 10.9. The number of aliphatic carboxylic acids is 1. The lowest BCUT2D eigenvalue weighted by Gasteiger charge is -2.34. The van der Waals surface area contributed by atoms with Gasteiger partial charge in [0.25, 0.3) is 0 Å². The normalized spacial score (nSPS) is 16.5. The van der Waals surface area contributed by atoms with Crippen molar-refractivity contribution in [2.24, 2.45) is 0 Å². The minimum Gasteiger partial charge on any atom is -0.481 e. The van der Waals surface area contributed by atoms with Gasteiger partial charge in [0.15, 0.2) is 17.9 Å². The van der Waals surface area contributed by atoms with Crippen molar-refractivity contribution >= 4 is 51.1 Å². The van der Waals surface area contributed by atoms with Gasteiger partial charge in [-0.05, 0) is 18.6 Å². The average molecular weight is 553 g/mol. The number of amides is 1. The predicted molar refractivity (Wildman–Crippen MR) is 151 cm³/mol. The van der Waals surface area contributed by atoms with E-state index >= 15 is 0 Å². The van der Waals surface area contributed by atoms with E-state index in [0.29, 0.717) is 44.2 Å². The molecule has 39 heavy (non-hydrogen) atoms. The number of rotatable bonds is 9. The first kappa shape index (κ1) is 27.0. The molecule has 2 fully saturated rings. The van der Waals surface area contributed by atoms with Crippen molar-refractivity contribution in [1.29, 1.82) is 0 Å². The third-order valence-electron chi connectivity index (χ3n) is 7.15. The standard InChI is InChI=1S/C27H33N7O4S/c28-16-20-19(3-1-4-21(20)29)26-30-22-15-18(39-25(22)27(31-26)34-11-13-38-14-12-34)17-32-7-9-33(10-8-32)23(35)5-2-6-24(36)37/h1,3-4,15-16,28H,2,5-14,17,29H2,(H,36,37)/p+1. The molecule has 5 rings (SSSR count). The van der Waals surface area contributed by atoms with Crippen molar-refractivity contribution in [3.05, 3.63) is 34.7 Å². The molecular weight excluding hydrogens is 518 g/mol. The number of nitrogens with zero attached hydrogens (tertiary/aromatic N) is 5. The van der Waals surface area contributed by atoms with E-state index in [2.05, 4.69) is 15.9 Å². The number of morpholine rings is 1. The van der Waals surface area contributed by atoms with E-state index < -0.39 is 5.97 Å². The Balaban J connectivity index is 1.36. The first-order chi connectivity index (χ1) is 18.9. The van der Waals surface area contributed by atoms with Crippen LogP contribution in [0.15, 0.2) is 24.3 Å². The summed E-state index contributed by atoms with van der Waals surface area (Å²) in [5.74, 6) is 0.658. The molecule has 0 bridgehead atoms. The van der Waals surface area contributed by atoms with E-state index in [9.17, 15) is 9.59 Å². The van der Waals surface area contributed by atoms with Crippen LogP contribution in [0.1, 0.15) is 29.7 Å². The molecule has 11 nitrogen and oxygen atoms in total. The fourth-order valence-electron chi connectivity index (χ4n) is 5.04. The first-order valence-corrected chi connectivity index (χ1v) is 14.0. The van der Waals surface area contributed by atoms with E-state index in [-0.39, 0.29) is 18.7 Å². The fraction of sp³-hybridized carbons (Fsp3) is 0.444. The lowest BCUT2D eigenvalue weighted by Crippen LogP contribution is -2.48. The van der Waals surface area contributed by atoms with Gasteiger partial charge in [-0.3, -0.25) is 19.9 Å². The van der Waals surface area contributed by atoms with E-state index in [0.717, 1.165) is 59.9 Å². The Morgan fingerprint density at radius 3 is 2.59 bits per heavy atom. The Hall–Kier alpha value is -3.61. The number of benzene rings is 1. The summed E-state index contributed by atoms with van der Waals surface area (Å²) in [7, 11) is 0. The van der Waals surface area contributed by atoms with Gasteiger partial charge in [-0.1, -0.05) is 12.1 Å². The molecule has 0 atom stereocenters. The smallest absolute Gasteiger partial charge is 0.303 e. The Labute approximate surface area is 230 Å². The van der Waals surface area contributed by atoms with Gasteiger partial charge in [0.2, 0.25) is 5.91 Å².